The van der Waals surface area contributed by atoms with E-state index in [4.69, 9.17) is 14.2 Å². The van der Waals surface area contributed by atoms with Gasteiger partial charge in [-0.15, -0.1) is 0 Å². The minimum atomic E-state index is -0.834. The molecule has 1 heterocycles. The number of rotatable bonds is 11. The third kappa shape index (κ3) is 8.85. The Kier molecular flexibility index (Phi) is 9.51. The fourth-order valence-corrected chi connectivity index (χ4v) is 4.02. The fourth-order valence-electron chi connectivity index (χ4n) is 4.02. The van der Waals surface area contributed by atoms with Crippen molar-refractivity contribution < 1.29 is 28.6 Å². The van der Waals surface area contributed by atoms with Crippen LogP contribution in [-0.2, 0) is 35.8 Å². The Morgan fingerprint density at radius 3 is 2.05 bits per heavy atom. The van der Waals surface area contributed by atoms with Gasteiger partial charge in [0.15, 0.2) is 0 Å². The van der Waals surface area contributed by atoms with E-state index in [9.17, 15) is 14.4 Å². The maximum atomic E-state index is 13.5. The van der Waals surface area contributed by atoms with E-state index < -0.39 is 34.8 Å². The largest absolute Gasteiger partial charge is 0.454 e. The Balaban J connectivity index is 1.65. The van der Waals surface area contributed by atoms with Crippen molar-refractivity contribution in [3.8, 4) is 0 Å². The molecule has 1 fully saturated rings. The number of carbonyl (C=O) groups is 3. The highest BCUT2D eigenvalue weighted by Crippen LogP contribution is 2.26. The highest BCUT2D eigenvalue weighted by molar-refractivity contribution is 5.82. The van der Waals surface area contributed by atoms with Crippen LogP contribution in [0.25, 0.3) is 0 Å². The molecule has 206 valence electrons. The molecule has 2 aromatic carbocycles. The number of amides is 2. The van der Waals surface area contributed by atoms with Crippen molar-refractivity contribution in [3.05, 3.63) is 71.8 Å². The quantitative estimate of drug-likeness (QED) is 0.386. The number of nitrogens with one attached hydrogen (secondary N) is 3. The summed E-state index contributed by atoms with van der Waals surface area (Å²) in [7, 11) is 0. The molecule has 0 bridgehead atoms. The SMILES string of the molecule is CC(C)(C)OC(=O)NCC(=O)NCC1(N[C@@H](Cc2ccccc2)C(=O)OC(C)(C)c2ccccc2)COC1. The van der Waals surface area contributed by atoms with Crippen molar-refractivity contribution in [2.24, 2.45) is 0 Å². The van der Waals surface area contributed by atoms with Gasteiger partial charge in [0.2, 0.25) is 5.91 Å². The van der Waals surface area contributed by atoms with Gasteiger partial charge in [0, 0.05) is 6.54 Å². The van der Waals surface area contributed by atoms with E-state index in [1.165, 1.54) is 0 Å². The van der Waals surface area contributed by atoms with Crippen LogP contribution in [0.5, 0.6) is 0 Å². The average Bonchev–Trinajstić information content (AvgIpc) is 2.83. The molecule has 1 aliphatic rings. The summed E-state index contributed by atoms with van der Waals surface area (Å²) >= 11 is 0. The summed E-state index contributed by atoms with van der Waals surface area (Å²) in [6.45, 7) is 9.57. The number of benzene rings is 2. The summed E-state index contributed by atoms with van der Waals surface area (Å²) in [6.07, 6.45) is -0.264. The van der Waals surface area contributed by atoms with E-state index in [-0.39, 0.29) is 19.0 Å². The standard InChI is InChI=1S/C29H39N3O6/c1-27(2,3)38-26(35)30-17-24(33)31-18-29(19-36-20-29)32-23(16-21-12-8-6-9-13-21)25(34)37-28(4,5)22-14-10-7-11-15-22/h6-15,23,32H,16-20H2,1-5H3,(H,30,35)(H,31,33)/t23-/m0/s1. The lowest BCUT2D eigenvalue weighted by Crippen LogP contribution is -2.69. The van der Waals surface area contributed by atoms with Crippen LogP contribution in [0.15, 0.2) is 60.7 Å². The van der Waals surface area contributed by atoms with Gasteiger partial charge in [-0.1, -0.05) is 60.7 Å². The zero-order chi connectivity index (χ0) is 27.8. The summed E-state index contributed by atoms with van der Waals surface area (Å²) < 4.78 is 16.6. The highest BCUT2D eigenvalue weighted by Gasteiger charge is 2.43. The van der Waals surface area contributed by atoms with E-state index in [0.29, 0.717) is 19.6 Å². The molecule has 0 aromatic heterocycles. The number of alkyl carbamates (subject to hydrolysis) is 1. The zero-order valence-corrected chi connectivity index (χ0v) is 22.8. The molecular weight excluding hydrogens is 486 g/mol. The van der Waals surface area contributed by atoms with Crippen LogP contribution in [0.4, 0.5) is 4.79 Å². The molecular formula is C29H39N3O6. The molecule has 1 aliphatic heterocycles. The summed E-state index contributed by atoms with van der Waals surface area (Å²) in [6, 6.07) is 18.6. The van der Waals surface area contributed by atoms with Gasteiger partial charge in [-0.2, -0.15) is 0 Å². The lowest BCUT2D eigenvalue weighted by atomic mass is 9.93. The Morgan fingerprint density at radius 2 is 1.50 bits per heavy atom. The molecule has 3 rings (SSSR count). The predicted molar refractivity (Wildman–Crippen MR) is 143 cm³/mol. The summed E-state index contributed by atoms with van der Waals surface area (Å²) in [5.74, 6) is -0.775. The molecule has 2 amide bonds. The number of hydrogen-bond acceptors (Lipinski definition) is 7. The Hall–Kier alpha value is -3.43. The van der Waals surface area contributed by atoms with Gasteiger partial charge in [-0.3, -0.25) is 14.9 Å². The van der Waals surface area contributed by atoms with Gasteiger partial charge in [0.25, 0.3) is 0 Å². The monoisotopic (exact) mass is 525 g/mol. The second kappa shape index (κ2) is 12.4. The van der Waals surface area contributed by atoms with E-state index in [1.54, 1.807) is 20.8 Å². The normalized spacial score (nSPS) is 15.5. The van der Waals surface area contributed by atoms with Crippen LogP contribution in [0.2, 0.25) is 0 Å². The van der Waals surface area contributed by atoms with Crippen LogP contribution >= 0.6 is 0 Å². The third-order valence-corrected chi connectivity index (χ3v) is 6.05. The van der Waals surface area contributed by atoms with E-state index in [2.05, 4.69) is 16.0 Å². The first kappa shape index (κ1) is 29.1. The first-order valence-electron chi connectivity index (χ1n) is 12.8. The summed E-state index contributed by atoms with van der Waals surface area (Å²) in [5.41, 5.74) is -0.287. The molecule has 1 saturated heterocycles. The van der Waals surface area contributed by atoms with Gasteiger partial charge in [-0.05, 0) is 52.2 Å². The lowest BCUT2D eigenvalue weighted by molar-refractivity contribution is -0.163. The fraction of sp³-hybridized carbons (Fsp3) is 0.483. The van der Waals surface area contributed by atoms with Crippen LogP contribution in [0.1, 0.15) is 45.7 Å². The van der Waals surface area contributed by atoms with Crippen LogP contribution in [0.3, 0.4) is 0 Å². The minimum Gasteiger partial charge on any atom is -0.454 e. The molecule has 38 heavy (non-hydrogen) atoms. The highest BCUT2D eigenvalue weighted by atomic mass is 16.6. The number of esters is 1. The smallest absolute Gasteiger partial charge is 0.408 e. The van der Waals surface area contributed by atoms with Crippen LogP contribution in [0, 0.1) is 0 Å². The molecule has 0 aliphatic carbocycles. The molecule has 9 heteroatoms. The topological polar surface area (TPSA) is 115 Å². The van der Waals surface area contributed by atoms with Gasteiger partial charge in [0.1, 0.15) is 17.2 Å². The van der Waals surface area contributed by atoms with Crippen molar-refractivity contribution >= 4 is 18.0 Å². The Morgan fingerprint density at radius 1 is 0.895 bits per heavy atom. The first-order valence-corrected chi connectivity index (χ1v) is 12.8. The average molecular weight is 526 g/mol. The molecule has 2 aromatic rings. The van der Waals surface area contributed by atoms with Crippen LogP contribution in [-0.4, -0.2) is 61.5 Å². The van der Waals surface area contributed by atoms with Crippen molar-refractivity contribution in [1.82, 2.24) is 16.0 Å². The molecule has 0 radical (unpaired) electrons. The number of hydrogen-bond donors (Lipinski definition) is 3. The predicted octanol–water partition coefficient (Wildman–Crippen LogP) is 3.08. The second-order valence-corrected chi connectivity index (χ2v) is 11.1. The second-order valence-electron chi connectivity index (χ2n) is 11.1. The maximum absolute atomic E-state index is 13.5. The molecule has 0 saturated carbocycles. The third-order valence-electron chi connectivity index (χ3n) is 6.05. The van der Waals surface area contributed by atoms with Crippen molar-refractivity contribution in [2.75, 3.05) is 26.3 Å². The lowest BCUT2D eigenvalue weighted by Gasteiger charge is -2.44. The van der Waals surface area contributed by atoms with Gasteiger partial charge in [-0.25, -0.2) is 4.79 Å². The number of carbonyl (C=O) groups excluding carboxylic acids is 3. The van der Waals surface area contributed by atoms with Gasteiger partial charge < -0.3 is 24.8 Å². The van der Waals surface area contributed by atoms with E-state index in [0.717, 1.165) is 11.1 Å². The molecule has 9 nitrogen and oxygen atoms in total. The van der Waals surface area contributed by atoms with Gasteiger partial charge in [0.05, 0.1) is 25.3 Å². The number of ether oxygens (including phenoxy) is 3. The molecule has 3 N–H and O–H groups in total. The molecule has 0 spiro atoms. The van der Waals surface area contributed by atoms with Crippen molar-refractivity contribution in [3.63, 3.8) is 0 Å². The minimum absolute atomic E-state index is 0.211. The molecule has 1 atom stereocenters. The van der Waals surface area contributed by atoms with E-state index >= 15 is 0 Å². The molecule has 0 unspecified atom stereocenters. The van der Waals surface area contributed by atoms with Gasteiger partial charge >= 0.3 is 12.1 Å². The summed E-state index contributed by atoms with van der Waals surface area (Å²) in [4.78, 5) is 37.8. The van der Waals surface area contributed by atoms with Crippen molar-refractivity contribution in [1.29, 1.82) is 0 Å². The Bertz CT molecular complexity index is 1080. The Labute approximate surface area is 224 Å². The zero-order valence-electron chi connectivity index (χ0n) is 22.8. The summed E-state index contributed by atoms with van der Waals surface area (Å²) in [5, 5.41) is 8.68. The van der Waals surface area contributed by atoms with E-state index in [1.807, 2.05) is 74.5 Å². The van der Waals surface area contributed by atoms with Crippen molar-refractivity contribution in [2.45, 2.75) is 63.8 Å². The first-order chi connectivity index (χ1) is 17.9. The van der Waals surface area contributed by atoms with Crippen LogP contribution < -0.4 is 16.0 Å². The maximum Gasteiger partial charge on any atom is 0.408 e.